The summed E-state index contributed by atoms with van der Waals surface area (Å²) in [5.41, 5.74) is 3.46. The van der Waals surface area contributed by atoms with E-state index in [0.717, 1.165) is 40.5 Å². The molecule has 0 atom stereocenters. The minimum absolute atomic E-state index is 0.0542. The van der Waals surface area contributed by atoms with Crippen molar-refractivity contribution in [3.8, 4) is 5.75 Å². The number of ether oxygens (including phenoxy) is 1. The Morgan fingerprint density at radius 3 is 2.79 bits per heavy atom. The van der Waals surface area contributed by atoms with E-state index in [0.29, 0.717) is 18.7 Å². The highest BCUT2D eigenvalue weighted by Crippen LogP contribution is 2.29. The molecule has 142 valence electrons. The zero-order chi connectivity index (χ0) is 19.1. The van der Waals surface area contributed by atoms with Crippen LogP contribution in [0, 0.1) is 0 Å². The summed E-state index contributed by atoms with van der Waals surface area (Å²) in [6.45, 7) is 1.39. The van der Waals surface area contributed by atoms with Crippen LogP contribution >= 0.6 is 11.7 Å². The predicted molar refractivity (Wildman–Crippen MR) is 110 cm³/mol. The molecule has 3 heterocycles. The van der Waals surface area contributed by atoms with Gasteiger partial charge in [-0.05, 0) is 36.4 Å². The molecule has 1 aliphatic rings. The lowest BCUT2D eigenvalue weighted by Crippen LogP contribution is -2.41. The number of benzene rings is 2. The third-order valence-corrected chi connectivity index (χ3v) is 5.97. The van der Waals surface area contributed by atoms with Gasteiger partial charge in [-0.15, -0.1) is 0 Å². The number of rotatable bonds is 3. The van der Waals surface area contributed by atoms with Gasteiger partial charge < -0.3 is 14.2 Å². The summed E-state index contributed by atoms with van der Waals surface area (Å²) in [6.07, 6.45) is 3.83. The fourth-order valence-corrected chi connectivity index (χ4v) is 4.35. The molecule has 2 aromatic heterocycles. The van der Waals surface area contributed by atoms with E-state index in [-0.39, 0.29) is 12.0 Å². The second-order valence-corrected chi connectivity index (χ2v) is 7.72. The van der Waals surface area contributed by atoms with Gasteiger partial charge in [0.1, 0.15) is 22.9 Å². The third kappa shape index (κ3) is 3.01. The van der Waals surface area contributed by atoms with Crippen molar-refractivity contribution in [2.75, 3.05) is 13.1 Å². The van der Waals surface area contributed by atoms with E-state index in [4.69, 9.17) is 4.74 Å². The number of piperidine rings is 1. The van der Waals surface area contributed by atoms with Gasteiger partial charge in [-0.2, -0.15) is 8.75 Å². The molecule has 6 nitrogen and oxygen atoms in total. The van der Waals surface area contributed by atoms with Crippen molar-refractivity contribution < 1.29 is 9.53 Å². The van der Waals surface area contributed by atoms with Gasteiger partial charge in [0.25, 0.3) is 5.91 Å². The number of aryl methyl sites for hydroxylation is 1. The molecule has 7 heteroatoms. The Hall–Kier alpha value is -2.93. The molecule has 2 aromatic carbocycles. The lowest BCUT2D eigenvalue weighted by molar-refractivity contribution is 0.0598. The molecule has 5 rings (SSSR count). The first-order chi connectivity index (χ1) is 13.7. The Labute approximate surface area is 166 Å². The van der Waals surface area contributed by atoms with Crippen molar-refractivity contribution in [2.24, 2.45) is 7.05 Å². The van der Waals surface area contributed by atoms with Gasteiger partial charge in [-0.1, -0.05) is 6.07 Å². The topological polar surface area (TPSA) is 60.2 Å². The molecule has 0 saturated carbocycles. The van der Waals surface area contributed by atoms with Crippen LogP contribution in [-0.4, -0.2) is 43.3 Å². The van der Waals surface area contributed by atoms with Crippen LogP contribution in [0.5, 0.6) is 5.75 Å². The van der Waals surface area contributed by atoms with Crippen molar-refractivity contribution >= 4 is 39.6 Å². The molecular formula is C21H20N4O2S. The van der Waals surface area contributed by atoms with Crippen molar-refractivity contribution in [3.05, 3.63) is 54.2 Å². The third-order valence-electron chi connectivity index (χ3n) is 5.41. The van der Waals surface area contributed by atoms with Crippen LogP contribution in [0.4, 0.5) is 0 Å². The molecule has 4 aromatic rings. The Morgan fingerprint density at radius 1 is 1.11 bits per heavy atom. The van der Waals surface area contributed by atoms with Crippen molar-refractivity contribution in [1.29, 1.82) is 0 Å². The fraction of sp³-hybridized carbons (Fsp3) is 0.286. The fourth-order valence-electron chi connectivity index (χ4n) is 3.83. The molecule has 0 aliphatic carbocycles. The van der Waals surface area contributed by atoms with E-state index in [2.05, 4.69) is 25.4 Å². The number of fused-ring (bicyclic) bond motifs is 2. The highest BCUT2D eigenvalue weighted by molar-refractivity contribution is 7.00. The van der Waals surface area contributed by atoms with E-state index in [1.54, 1.807) is 0 Å². The van der Waals surface area contributed by atoms with Crippen LogP contribution in [0.25, 0.3) is 21.9 Å². The second-order valence-electron chi connectivity index (χ2n) is 7.19. The SMILES string of the molecule is Cn1ccc2c(OC3CCN(C(=O)c4ccc5nsnc5c4)CC3)cccc21. The average Bonchev–Trinajstić information content (AvgIpc) is 3.35. The maximum atomic E-state index is 12.8. The Morgan fingerprint density at radius 2 is 1.93 bits per heavy atom. The number of amides is 1. The van der Waals surface area contributed by atoms with Gasteiger partial charge in [0, 0.05) is 50.1 Å². The first-order valence-corrected chi connectivity index (χ1v) is 10.1. The zero-order valence-electron chi connectivity index (χ0n) is 15.5. The first-order valence-electron chi connectivity index (χ1n) is 9.41. The maximum absolute atomic E-state index is 12.8. The number of carbonyl (C=O) groups is 1. The number of carbonyl (C=O) groups excluding carboxylic acids is 1. The maximum Gasteiger partial charge on any atom is 0.253 e. The zero-order valence-corrected chi connectivity index (χ0v) is 16.4. The summed E-state index contributed by atoms with van der Waals surface area (Å²) >= 11 is 1.17. The van der Waals surface area contributed by atoms with E-state index in [9.17, 15) is 4.79 Å². The van der Waals surface area contributed by atoms with Crippen LogP contribution in [0.15, 0.2) is 48.7 Å². The molecule has 1 saturated heterocycles. The van der Waals surface area contributed by atoms with E-state index < -0.39 is 0 Å². The van der Waals surface area contributed by atoms with Gasteiger partial charge in [-0.25, -0.2) is 0 Å². The lowest BCUT2D eigenvalue weighted by Gasteiger charge is -2.32. The van der Waals surface area contributed by atoms with Crippen molar-refractivity contribution in [1.82, 2.24) is 18.2 Å². The van der Waals surface area contributed by atoms with Crippen LogP contribution < -0.4 is 4.74 Å². The number of likely N-dealkylation sites (tertiary alicyclic amines) is 1. The van der Waals surface area contributed by atoms with E-state index in [1.165, 1.54) is 11.7 Å². The predicted octanol–water partition coefficient (Wildman–Crippen LogP) is 3.87. The molecule has 0 spiro atoms. The van der Waals surface area contributed by atoms with Crippen molar-refractivity contribution in [3.63, 3.8) is 0 Å². The quantitative estimate of drug-likeness (QED) is 0.531. The van der Waals surface area contributed by atoms with Gasteiger partial charge in [0.15, 0.2) is 0 Å². The number of hydrogen-bond donors (Lipinski definition) is 0. The van der Waals surface area contributed by atoms with Gasteiger partial charge in [0.05, 0.1) is 17.2 Å². The highest BCUT2D eigenvalue weighted by Gasteiger charge is 2.25. The van der Waals surface area contributed by atoms with Crippen LogP contribution in [-0.2, 0) is 7.05 Å². The Balaban J connectivity index is 1.26. The molecule has 1 amide bonds. The minimum Gasteiger partial charge on any atom is -0.490 e. The number of nitrogens with zero attached hydrogens (tertiary/aromatic N) is 4. The summed E-state index contributed by atoms with van der Waals surface area (Å²) in [7, 11) is 2.04. The molecule has 0 N–H and O–H groups in total. The highest BCUT2D eigenvalue weighted by atomic mass is 32.1. The lowest BCUT2D eigenvalue weighted by atomic mass is 10.1. The van der Waals surface area contributed by atoms with Crippen LogP contribution in [0.2, 0.25) is 0 Å². The number of hydrogen-bond acceptors (Lipinski definition) is 5. The normalized spacial score (nSPS) is 15.4. The number of aromatic nitrogens is 3. The van der Waals surface area contributed by atoms with E-state index >= 15 is 0 Å². The molecule has 1 fully saturated rings. The van der Waals surface area contributed by atoms with Gasteiger partial charge in [0.2, 0.25) is 0 Å². The average molecular weight is 392 g/mol. The molecule has 0 unspecified atom stereocenters. The van der Waals surface area contributed by atoms with Crippen LogP contribution in [0.1, 0.15) is 23.2 Å². The monoisotopic (exact) mass is 392 g/mol. The van der Waals surface area contributed by atoms with Crippen molar-refractivity contribution in [2.45, 2.75) is 18.9 Å². The Kier molecular flexibility index (Phi) is 4.24. The Bertz CT molecular complexity index is 1160. The van der Waals surface area contributed by atoms with Gasteiger partial charge >= 0.3 is 0 Å². The summed E-state index contributed by atoms with van der Waals surface area (Å²) < 4.78 is 16.8. The summed E-state index contributed by atoms with van der Waals surface area (Å²) in [4.78, 5) is 14.8. The summed E-state index contributed by atoms with van der Waals surface area (Å²) in [5.74, 6) is 0.975. The molecular weight excluding hydrogens is 372 g/mol. The first kappa shape index (κ1) is 17.2. The standard InChI is InChI=1S/C21H20N4O2S/c1-24-10-9-16-19(24)3-2-4-20(16)27-15-7-11-25(12-8-15)21(26)14-5-6-17-18(13-14)23-28-22-17/h2-6,9-10,13,15H,7-8,11-12H2,1H3. The largest absolute Gasteiger partial charge is 0.490 e. The molecule has 0 bridgehead atoms. The van der Waals surface area contributed by atoms with E-state index in [1.807, 2.05) is 48.5 Å². The molecule has 28 heavy (non-hydrogen) atoms. The second kappa shape index (κ2) is 6.91. The van der Waals surface area contributed by atoms with Gasteiger partial charge in [-0.3, -0.25) is 4.79 Å². The molecule has 1 aliphatic heterocycles. The smallest absolute Gasteiger partial charge is 0.253 e. The minimum atomic E-state index is 0.0542. The van der Waals surface area contributed by atoms with Crippen LogP contribution in [0.3, 0.4) is 0 Å². The molecule has 0 radical (unpaired) electrons. The summed E-state index contributed by atoms with van der Waals surface area (Å²) in [5, 5.41) is 1.13. The summed E-state index contributed by atoms with van der Waals surface area (Å²) in [6, 6.07) is 13.8.